The summed E-state index contributed by atoms with van der Waals surface area (Å²) < 4.78 is 11.8. The molecule has 0 heterocycles. The monoisotopic (exact) mass is 401 g/mol. The first-order valence-electron chi connectivity index (χ1n) is 8.91. The van der Waals surface area contributed by atoms with Crippen molar-refractivity contribution in [2.45, 2.75) is 53.4 Å². The molecule has 0 aliphatic carbocycles. The number of benzene rings is 1. The smallest absolute Gasteiger partial charge is 0.125 e. The van der Waals surface area contributed by atoms with Gasteiger partial charge in [0.2, 0.25) is 0 Å². The van der Waals surface area contributed by atoms with E-state index < -0.39 is 0 Å². The Morgan fingerprint density at radius 3 is 2.15 bits per heavy atom. The minimum Gasteiger partial charge on any atom is -0.493 e. The maximum atomic E-state index is 5.96. The molecular formula is C20H29Cl2NO3. The maximum Gasteiger partial charge on any atom is 0.125 e. The van der Waals surface area contributed by atoms with Crippen LogP contribution in [-0.2, 0) is 4.84 Å². The number of rotatable bonds is 12. The Balaban J connectivity index is 2.30. The third-order valence-corrected chi connectivity index (χ3v) is 3.85. The highest BCUT2D eigenvalue weighted by Crippen LogP contribution is 2.28. The fraction of sp³-hybridized carbons (Fsp3) is 0.550. The number of unbranched alkanes of at least 4 members (excludes halogenated alkanes) is 3. The zero-order valence-corrected chi connectivity index (χ0v) is 17.6. The highest BCUT2D eigenvalue weighted by Gasteiger charge is 2.07. The molecule has 0 atom stereocenters. The van der Waals surface area contributed by atoms with Crippen LogP contribution in [0, 0.1) is 13.8 Å². The molecule has 0 N–H and O–H groups in total. The standard InChI is InChI=1S/C20H29Cl2NO3/c1-15(2)23-26-11-8-6-5-7-10-25-20-16(3)13-18(14-17(20)4)24-12-9-19(21)22/h9,13-14H,5-8,10-12H2,1-4H3. The molecule has 1 aromatic carbocycles. The fourth-order valence-corrected chi connectivity index (χ4v) is 2.52. The fourth-order valence-electron chi connectivity index (χ4n) is 2.39. The summed E-state index contributed by atoms with van der Waals surface area (Å²) in [5, 5.41) is 3.92. The highest BCUT2D eigenvalue weighted by atomic mass is 35.5. The molecule has 146 valence electrons. The minimum absolute atomic E-state index is 0.207. The molecule has 0 saturated heterocycles. The summed E-state index contributed by atoms with van der Waals surface area (Å²) in [7, 11) is 0. The molecule has 1 rings (SSSR count). The van der Waals surface area contributed by atoms with E-state index >= 15 is 0 Å². The van der Waals surface area contributed by atoms with Gasteiger partial charge in [-0.25, -0.2) is 0 Å². The van der Waals surface area contributed by atoms with Crippen molar-refractivity contribution in [3.63, 3.8) is 0 Å². The van der Waals surface area contributed by atoms with Gasteiger partial charge in [0, 0.05) is 0 Å². The van der Waals surface area contributed by atoms with Gasteiger partial charge < -0.3 is 14.3 Å². The molecular weight excluding hydrogens is 373 g/mol. The van der Waals surface area contributed by atoms with Gasteiger partial charge in [-0.3, -0.25) is 0 Å². The Kier molecular flexibility index (Phi) is 11.2. The number of ether oxygens (including phenoxy) is 2. The Hall–Kier alpha value is -1.39. The highest BCUT2D eigenvalue weighted by molar-refractivity contribution is 6.55. The average Bonchev–Trinajstić information content (AvgIpc) is 2.54. The van der Waals surface area contributed by atoms with Gasteiger partial charge in [0.15, 0.2) is 0 Å². The van der Waals surface area contributed by atoms with Crippen LogP contribution in [0.2, 0.25) is 0 Å². The molecule has 0 bridgehead atoms. The lowest BCUT2D eigenvalue weighted by Crippen LogP contribution is -2.02. The van der Waals surface area contributed by atoms with Crippen LogP contribution in [0.25, 0.3) is 0 Å². The van der Waals surface area contributed by atoms with Crippen LogP contribution >= 0.6 is 23.2 Å². The Bertz CT molecular complexity index is 584. The Morgan fingerprint density at radius 2 is 1.58 bits per heavy atom. The zero-order chi connectivity index (χ0) is 19.4. The maximum absolute atomic E-state index is 5.96. The van der Waals surface area contributed by atoms with Gasteiger partial charge in [0.1, 0.15) is 29.2 Å². The number of oxime groups is 1. The molecule has 0 aliphatic heterocycles. The summed E-state index contributed by atoms with van der Waals surface area (Å²) in [6.07, 6.45) is 5.87. The van der Waals surface area contributed by atoms with Crippen LogP contribution < -0.4 is 9.47 Å². The van der Waals surface area contributed by atoms with E-state index in [9.17, 15) is 0 Å². The molecule has 0 amide bonds. The van der Waals surface area contributed by atoms with Crippen molar-refractivity contribution >= 4 is 28.9 Å². The third kappa shape index (κ3) is 9.93. The van der Waals surface area contributed by atoms with Crippen LogP contribution in [0.5, 0.6) is 11.5 Å². The van der Waals surface area contributed by atoms with Crippen LogP contribution in [-0.4, -0.2) is 25.5 Å². The molecule has 1 aromatic rings. The summed E-state index contributed by atoms with van der Waals surface area (Å²) in [6.45, 7) is 9.61. The molecule has 0 fully saturated rings. The van der Waals surface area contributed by atoms with Gasteiger partial charge in [0.25, 0.3) is 0 Å². The van der Waals surface area contributed by atoms with Crippen molar-refractivity contribution in [1.82, 2.24) is 0 Å². The van der Waals surface area contributed by atoms with Gasteiger partial charge in [-0.1, -0.05) is 28.4 Å². The summed E-state index contributed by atoms with van der Waals surface area (Å²) >= 11 is 11.2. The quantitative estimate of drug-likeness (QED) is 0.232. The first kappa shape index (κ1) is 22.7. The largest absolute Gasteiger partial charge is 0.493 e. The van der Waals surface area contributed by atoms with Crippen molar-refractivity contribution in [2.75, 3.05) is 19.8 Å². The van der Waals surface area contributed by atoms with Gasteiger partial charge in [-0.15, -0.1) is 0 Å². The van der Waals surface area contributed by atoms with Gasteiger partial charge in [0.05, 0.1) is 12.3 Å². The second-order valence-electron chi connectivity index (χ2n) is 6.33. The lowest BCUT2D eigenvalue weighted by atomic mass is 10.1. The molecule has 0 aromatic heterocycles. The van der Waals surface area contributed by atoms with Crippen molar-refractivity contribution in [3.05, 3.63) is 33.8 Å². The van der Waals surface area contributed by atoms with E-state index in [0.29, 0.717) is 19.8 Å². The predicted molar refractivity (Wildman–Crippen MR) is 110 cm³/mol. The first-order chi connectivity index (χ1) is 12.4. The first-order valence-corrected chi connectivity index (χ1v) is 9.67. The molecule has 0 aliphatic rings. The molecule has 0 unspecified atom stereocenters. The van der Waals surface area contributed by atoms with E-state index in [1.165, 1.54) is 0 Å². The normalized spacial score (nSPS) is 10.2. The number of hydrogen-bond acceptors (Lipinski definition) is 4. The number of aryl methyl sites for hydroxylation is 2. The van der Waals surface area contributed by atoms with Crippen LogP contribution in [0.4, 0.5) is 0 Å². The number of nitrogens with zero attached hydrogens (tertiary/aromatic N) is 1. The van der Waals surface area contributed by atoms with Crippen molar-refractivity contribution < 1.29 is 14.3 Å². The molecule has 6 heteroatoms. The van der Waals surface area contributed by atoms with Crippen molar-refractivity contribution in [2.24, 2.45) is 5.16 Å². The van der Waals surface area contributed by atoms with E-state index in [2.05, 4.69) is 5.16 Å². The molecule has 0 radical (unpaired) electrons. The Morgan fingerprint density at radius 1 is 0.962 bits per heavy atom. The third-order valence-electron chi connectivity index (χ3n) is 3.54. The molecule has 4 nitrogen and oxygen atoms in total. The summed E-state index contributed by atoms with van der Waals surface area (Å²) in [6, 6.07) is 3.93. The number of halogens is 2. The molecule has 0 saturated carbocycles. The summed E-state index contributed by atoms with van der Waals surface area (Å²) in [5.41, 5.74) is 3.06. The van der Waals surface area contributed by atoms with E-state index in [0.717, 1.165) is 54.0 Å². The van der Waals surface area contributed by atoms with E-state index in [1.807, 2.05) is 39.8 Å². The van der Waals surface area contributed by atoms with Crippen molar-refractivity contribution in [3.8, 4) is 11.5 Å². The summed E-state index contributed by atoms with van der Waals surface area (Å²) in [4.78, 5) is 5.18. The number of hydrogen-bond donors (Lipinski definition) is 0. The van der Waals surface area contributed by atoms with E-state index in [1.54, 1.807) is 6.08 Å². The second kappa shape index (κ2) is 12.9. The summed E-state index contributed by atoms with van der Waals surface area (Å²) in [5.74, 6) is 1.71. The van der Waals surface area contributed by atoms with Crippen LogP contribution in [0.3, 0.4) is 0 Å². The SMILES string of the molecule is CC(C)=NOCCCCCCOc1c(C)cc(OCC=C(Cl)Cl)cc1C. The molecule has 26 heavy (non-hydrogen) atoms. The predicted octanol–water partition coefficient (Wildman–Crippen LogP) is 6.35. The average molecular weight is 402 g/mol. The van der Waals surface area contributed by atoms with Crippen molar-refractivity contribution in [1.29, 1.82) is 0 Å². The molecule has 0 spiro atoms. The van der Waals surface area contributed by atoms with E-state index in [-0.39, 0.29) is 4.49 Å². The van der Waals surface area contributed by atoms with Gasteiger partial charge >= 0.3 is 0 Å². The van der Waals surface area contributed by atoms with Gasteiger partial charge in [-0.2, -0.15) is 0 Å². The lowest BCUT2D eigenvalue weighted by Gasteiger charge is -2.14. The van der Waals surface area contributed by atoms with Crippen LogP contribution in [0.15, 0.2) is 27.9 Å². The lowest BCUT2D eigenvalue weighted by molar-refractivity contribution is 0.139. The minimum atomic E-state index is 0.207. The topological polar surface area (TPSA) is 40.0 Å². The van der Waals surface area contributed by atoms with Gasteiger partial charge in [-0.05, 0) is 82.7 Å². The van der Waals surface area contributed by atoms with E-state index in [4.69, 9.17) is 37.5 Å². The Labute approximate surface area is 167 Å². The second-order valence-corrected chi connectivity index (χ2v) is 7.33. The van der Waals surface area contributed by atoms with Crippen LogP contribution in [0.1, 0.15) is 50.7 Å². The zero-order valence-electron chi connectivity index (χ0n) is 16.1.